The number of primary amides is 1. The Morgan fingerprint density at radius 3 is 2.80 bits per heavy atom. The molecule has 0 aliphatic carbocycles. The fourth-order valence-electron chi connectivity index (χ4n) is 1.14. The lowest BCUT2D eigenvalue weighted by Gasteiger charge is -2.08. The van der Waals surface area contributed by atoms with Crippen molar-refractivity contribution in [1.29, 1.82) is 0 Å². The third kappa shape index (κ3) is 3.06. The van der Waals surface area contributed by atoms with E-state index in [9.17, 15) is 9.59 Å². The van der Waals surface area contributed by atoms with Crippen LogP contribution in [0.2, 0.25) is 0 Å². The van der Waals surface area contributed by atoms with Gasteiger partial charge < -0.3 is 21.1 Å². The molecule has 1 unspecified atom stereocenters. The number of carboxylic acid groups (broad SMARTS) is 1. The molecule has 1 heterocycles. The van der Waals surface area contributed by atoms with Crippen molar-refractivity contribution in [1.82, 2.24) is 9.55 Å². The first kappa shape index (κ1) is 11.2. The SMILES string of the molecule is NC(=O)Cn1cncc1CC(N)C(=O)O. The van der Waals surface area contributed by atoms with Crippen LogP contribution in [-0.4, -0.2) is 32.6 Å². The molecule has 1 atom stereocenters. The van der Waals surface area contributed by atoms with E-state index in [0.29, 0.717) is 5.69 Å². The number of imidazole rings is 1. The van der Waals surface area contributed by atoms with E-state index in [2.05, 4.69) is 4.98 Å². The second kappa shape index (κ2) is 4.56. The second-order valence-electron chi connectivity index (χ2n) is 3.13. The zero-order valence-electron chi connectivity index (χ0n) is 7.96. The van der Waals surface area contributed by atoms with Gasteiger partial charge >= 0.3 is 5.97 Å². The standard InChI is InChI=1S/C8H12N4O3/c9-6(8(14)15)1-5-2-11-4-12(5)3-7(10)13/h2,4,6H,1,3,9H2,(H2,10,13)(H,14,15). The highest BCUT2D eigenvalue weighted by molar-refractivity contribution is 5.74. The molecule has 7 heteroatoms. The molecular formula is C8H12N4O3. The van der Waals surface area contributed by atoms with Crippen LogP contribution in [0.5, 0.6) is 0 Å². The quantitative estimate of drug-likeness (QED) is 0.537. The van der Waals surface area contributed by atoms with Gasteiger partial charge in [-0.25, -0.2) is 4.98 Å². The predicted octanol–water partition coefficient (Wildman–Crippen LogP) is -1.68. The predicted molar refractivity (Wildman–Crippen MR) is 50.7 cm³/mol. The van der Waals surface area contributed by atoms with Crippen LogP contribution < -0.4 is 11.5 Å². The number of amides is 1. The Labute approximate surface area is 85.7 Å². The molecule has 15 heavy (non-hydrogen) atoms. The molecule has 0 spiro atoms. The van der Waals surface area contributed by atoms with Crippen molar-refractivity contribution in [3.05, 3.63) is 18.2 Å². The fraction of sp³-hybridized carbons (Fsp3) is 0.375. The number of carbonyl (C=O) groups excluding carboxylic acids is 1. The molecule has 0 saturated carbocycles. The molecule has 0 aliphatic rings. The zero-order chi connectivity index (χ0) is 11.4. The summed E-state index contributed by atoms with van der Waals surface area (Å²) in [5.41, 5.74) is 10.9. The molecule has 1 aromatic rings. The number of rotatable bonds is 5. The van der Waals surface area contributed by atoms with Gasteiger partial charge in [-0.3, -0.25) is 9.59 Å². The molecule has 0 aromatic carbocycles. The number of hydrogen-bond donors (Lipinski definition) is 3. The molecule has 0 aliphatic heterocycles. The monoisotopic (exact) mass is 212 g/mol. The number of hydrogen-bond acceptors (Lipinski definition) is 4. The van der Waals surface area contributed by atoms with Gasteiger partial charge in [-0.2, -0.15) is 0 Å². The van der Waals surface area contributed by atoms with E-state index >= 15 is 0 Å². The molecule has 1 aromatic heterocycles. The highest BCUT2D eigenvalue weighted by atomic mass is 16.4. The highest BCUT2D eigenvalue weighted by Gasteiger charge is 2.15. The Kier molecular flexibility index (Phi) is 3.40. The lowest BCUT2D eigenvalue weighted by atomic mass is 10.2. The summed E-state index contributed by atoms with van der Waals surface area (Å²) < 4.78 is 1.48. The van der Waals surface area contributed by atoms with Crippen LogP contribution in [-0.2, 0) is 22.6 Å². The van der Waals surface area contributed by atoms with E-state index < -0.39 is 17.9 Å². The van der Waals surface area contributed by atoms with Crippen molar-refractivity contribution in [3.8, 4) is 0 Å². The maximum atomic E-state index is 10.7. The Morgan fingerprint density at radius 2 is 2.27 bits per heavy atom. The van der Waals surface area contributed by atoms with Crippen molar-refractivity contribution >= 4 is 11.9 Å². The van der Waals surface area contributed by atoms with E-state index in [1.807, 2.05) is 0 Å². The summed E-state index contributed by atoms with van der Waals surface area (Å²) in [6.45, 7) is -0.0261. The lowest BCUT2D eigenvalue weighted by Crippen LogP contribution is -2.33. The second-order valence-corrected chi connectivity index (χ2v) is 3.13. The molecule has 1 amide bonds. The maximum Gasteiger partial charge on any atom is 0.320 e. The maximum absolute atomic E-state index is 10.7. The lowest BCUT2D eigenvalue weighted by molar-refractivity contribution is -0.138. The average molecular weight is 212 g/mol. The molecule has 82 valence electrons. The summed E-state index contributed by atoms with van der Waals surface area (Å²) in [5, 5.41) is 8.61. The smallest absolute Gasteiger partial charge is 0.320 e. The van der Waals surface area contributed by atoms with Crippen molar-refractivity contribution in [3.63, 3.8) is 0 Å². The van der Waals surface area contributed by atoms with Crippen LogP contribution >= 0.6 is 0 Å². The minimum atomic E-state index is -1.10. The van der Waals surface area contributed by atoms with Gasteiger partial charge in [-0.05, 0) is 0 Å². The summed E-state index contributed by atoms with van der Waals surface area (Å²) in [6.07, 6.45) is 2.99. The normalized spacial score (nSPS) is 12.3. The number of aromatic nitrogens is 2. The first-order valence-corrected chi connectivity index (χ1v) is 4.26. The van der Waals surface area contributed by atoms with Gasteiger partial charge in [0.1, 0.15) is 12.6 Å². The Bertz CT molecular complexity index is 374. The molecule has 1 rings (SSSR count). The Balaban J connectivity index is 2.72. The van der Waals surface area contributed by atoms with Crippen molar-refractivity contribution in [2.24, 2.45) is 11.5 Å². The summed E-state index contributed by atoms with van der Waals surface area (Å²) in [6, 6.07) is -1.01. The Hall–Kier alpha value is -1.89. The first-order chi connectivity index (χ1) is 7.00. The molecule has 0 bridgehead atoms. The highest BCUT2D eigenvalue weighted by Crippen LogP contribution is 2.02. The number of nitrogens with zero attached hydrogens (tertiary/aromatic N) is 2. The molecule has 0 fully saturated rings. The number of carboxylic acids is 1. The van der Waals surface area contributed by atoms with E-state index in [-0.39, 0.29) is 13.0 Å². The average Bonchev–Trinajstić information content (AvgIpc) is 2.51. The molecule has 5 N–H and O–H groups in total. The topological polar surface area (TPSA) is 124 Å². The van der Waals surface area contributed by atoms with Gasteiger partial charge in [0, 0.05) is 18.3 Å². The van der Waals surface area contributed by atoms with Crippen LogP contribution in [0.15, 0.2) is 12.5 Å². The summed E-state index contributed by atoms with van der Waals surface area (Å²) in [4.78, 5) is 25.0. The van der Waals surface area contributed by atoms with Gasteiger partial charge in [-0.1, -0.05) is 0 Å². The van der Waals surface area contributed by atoms with Crippen LogP contribution in [0.3, 0.4) is 0 Å². The van der Waals surface area contributed by atoms with Gasteiger partial charge in [0.15, 0.2) is 0 Å². The van der Waals surface area contributed by atoms with E-state index in [0.717, 1.165) is 0 Å². The van der Waals surface area contributed by atoms with Crippen LogP contribution in [0.1, 0.15) is 5.69 Å². The van der Waals surface area contributed by atoms with E-state index in [4.69, 9.17) is 16.6 Å². The molecule has 0 saturated heterocycles. The number of nitrogens with two attached hydrogens (primary N) is 2. The summed E-state index contributed by atoms with van der Waals surface area (Å²) >= 11 is 0. The summed E-state index contributed by atoms with van der Waals surface area (Å²) in [5.74, 6) is -1.61. The molecule has 0 radical (unpaired) electrons. The van der Waals surface area contributed by atoms with E-state index in [1.54, 1.807) is 0 Å². The van der Waals surface area contributed by atoms with Gasteiger partial charge in [0.05, 0.1) is 6.33 Å². The molecular weight excluding hydrogens is 200 g/mol. The number of aliphatic carboxylic acids is 1. The first-order valence-electron chi connectivity index (χ1n) is 4.26. The van der Waals surface area contributed by atoms with Crippen LogP contribution in [0.25, 0.3) is 0 Å². The van der Waals surface area contributed by atoms with Gasteiger partial charge in [0.2, 0.25) is 5.91 Å². The summed E-state index contributed by atoms with van der Waals surface area (Å²) in [7, 11) is 0. The van der Waals surface area contributed by atoms with Crippen molar-refractivity contribution in [2.45, 2.75) is 19.0 Å². The Morgan fingerprint density at radius 1 is 1.60 bits per heavy atom. The number of carbonyl (C=O) groups is 2. The minimum Gasteiger partial charge on any atom is -0.480 e. The van der Waals surface area contributed by atoms with Crippen molar-refractivity contribution < 1.29 is 14.7 Å². The van der Waals surface area contributed by atoms with E-state index in [1.165, 1.54) is 17.1 Å². The van der Waals surface area contributed by atoms with Crippen LogP contribution in [0.4, 0.5) is 0 Å². The third-order valence-electron chi connectivity index (χ3n) is 1.87. The van der Waals surface area contributed by atoms with Gasteiger partial charge in [0.25, 0.3) is 0 Å². The van der Waals surface area contributed by atoms with Crippen LogP contribution in [0, 0.1) is 0 Å². The van der Waals surface area contributed by atoms with Gasteiger partial charge in [-0.15, -0.1) is 0 Å². The largest absolute Gasteiger partial charge is 0.480 e. The minimum absolute atomic E-state index is 0.0261. The van der Waals surface area contributed by atoms with Crippen molar-refractivity contribution in [2.75, 3.05) is 0 Å². The fourth-order valence-corrected chi connectivity index (χ4v) is 1.14. The third-order valence-corrected chi connectivity index (χ3v) is 1.87. The zero-order valence-corrected chi connectivity index (χ0v) is 7.96. The molecule has 7 nitrogen and oxygen atoms in total.